The lowest BCUT2D eigenvalue weighted by atomic mass is 9.98. The van der Waals surface area contributed by atoms with Crippen molar-refractivity contribution in [1.29, 1.82) is 0 Å². The van der Waals surface area contributed by atoms with Crippen LogP contribution in [0.3, 0.4) is 0 Å². The number of hydrogen-bond acceptors (Lipinski definition) is 3. The van der Waals surface area contributed by atoms with Crippen LogP contribution in [0.1, 0.15) is 24.0 Å². The first-order valence-corrected chi connectivity index (χ1v) is 7.04. The summed E-state index contributed by atoms with van der Waals surface area (Å²) in [5.41, 5.74) is 3.64. The zero-order chi connectivity index (χ0) is 13.2. The van der Waals surface area contributed by atoms with E-state index >= 15 is 0 Å². The first-order chi connectivity index (χ1) is 9.22. The molecule has 1 saturated heterocycles. The molecule has 1 aromatic rings. The van der Waals surface area contributed by atoms with Crippen molar-refractivity contribution in [3.63, 3.8) is 0 Å². The van der Waals surface area contributed by atoms with Crippen LogP contribution in [0.2, 0.25) is 0 Å². The van der Waals surface area contributed by atoms with Crippen LogP contribution in [0.25, 0.3) is 0 Å². The van der Waals surface area contributed by atoms with Crippen LogP contribution in [-0.2, 0) is 17.9 Å². The molecule has 3 rings (SSSR count). The lowest BCUT2D eigenvalue weighted by Gasteiger charge is -2.22. The molecule has 0 aromatic heterocycles. The molecule has 1 aromatic carbocycles. The van der Waals surface area contributed by atoms with Crippen LogP contribution in [0.4, 0.5) is 5.69 Å². The zero-order valence-electron chi connectivity index (χ0n) is 11.4. The number of anilines is 1. The Morgan fingerprint density at radius 3 is 3.00 bits per heavy atom. The molecular formula is C15H21N3O. The fourth-order valence-corrected chi connectivity index (χ4v) is 2.96. The third-order valence-corrected chi connectivity index (χ3v) is 4.02. The van der Waals surface area contributed by atoms with Gasteiger partial charge in [-0.2, -0.15) is 0 Å². The van der Waals surface area contributed by atoms with Crippen molar-refractivity contribution in [3.8, 4) is 0 Å². The molecule has 0 saturated carbocycles. The number of piperidine rings is 1. The van der Waals surface area contributed by atoms with Crippen molar-refractivity contribution in [3.05, 3.63) is 29.3 Å². The second-order valence-electron chi connectivity index (χ2n) is 5.69. The van der Waals surface area contributed by atoms with E-state index in [2.05, 4.69) is 34.7 Å². The molecule has 4 nitrogen and oxygen atoms in total. The van der Waals surface area contributed by atoms with Gasteiger partial charge in [0.1, 0.15) is 0 Å². The largest absolute Gasteiger partial charge is 0.326 e. The van der Waals surface area contributed by atoms with Crippen LogP contribution in [0, 0.1) is 5.92 Å². The van der Waals surface area contributed by atoms with Crippen molar-refractivity contribution < 1.29 is 4.79 Å². The minimum atomic E-state index is 0.115. The van der Waals surface area contributed by atoms with Crippen molar-refractivity contribution in [1.82, 2.24) is 10.2 Å². The predicted molar refractivity (Wildman–Crippen MR) is 75.8 cm³/mol. The molecule has 0 bridgehead atoms. The van der Waals surface area contributed by atoms with Gasteiger partial charge in [-0.25, -0.2) is 0 Å². The fourth-order valence-electron chi connectivity index (χ4n) is 2.96. The standard InChI is InChI=1S/C15H21N3O/c1-18-9-12-4-5-14(7-13(12)10-18)17-15(19)11-3-2-6-16-8-11/h4-5,7,11,16H,2-3,6,8-10H2,1H3,(H,17,19). The third-order valence-electron chi connectivity index (χ3n) is 4.02. The highest BCUT2D eigenvalue weighted by Crippen LogP contribution is 2.25. The molecule has 4 heteroatoms. The van der Waals surface area contributed by atoms with Gasteiger partial charge >= 0.3 is 0 Å². The summed E-state index contributed by atoms with van der Waals surface area (Å²) in [6.07, 6.45) is 2.08. The van der Waals surface area contributed by atoms with Crippen LogP contribution in [0.15, 0.2) is 18.2 Å². The lowest BCUT2D eigenvalue weighted by molar-refractivity contribution is -0.120. The summed E-state index contributed by atoms with van der Waals surface area (Å²) in [6.45, 7) is 3.83. The number of rotatable bonds is 2. The van der Waals surface area contributed by atoms with Gasteiger partial charge < -0.3 is 10.6 Å². The molecule has 1 fully saturated rings. The summed E-state index contributed by atoms with van der Waals surface area (Å²) in [7, 11) is 2.12. The van der Waals surface area contributed by atoms with Crippen molar-refractivity contribution in [2.45, 2.75) is 25.9 Å². The maximum Gasteiger partial charge on any atom is 0.228 e. The number of benzene rings is 1. The molecule has 2 heterocycles. The number of nitrogens with zero attached hydrogens (tertiary/aromatic N) is 1. The van der Waals surface area contributed by atoms with E-state index in [4.69, 9.17) is 0 Å². The van der Waals surface area contributed by atoms with Gasteiger partial charge in [-0.1, -0.05) is 6.07 Å². The van der Waals surface area contributed by atoms with E-state index in [0.29, 0.717) is 0 Å². The van der Waals surface area contributed by atoms with E-state index in [9.17, 15) is 4.79 Å². The van der Waals surface area contributed by atoms with Crippen molar-refractivity contribution in [2.75, 3.05) is 25.5 Å². The molecule has 2 aliphatic heterocycles. The summed E-state index contributed by atoms with van der Waals surface area (Å²) >= 11 is 0. The van der Waals surface area contributed by atoms with E-state index in [1.807, 2.05) is 6.07 Å². The maximum absolute atomic E-state index is 12.2. The minimum Gasteiger partial charge on any atom is -0.326 e. The molecule has 0 aliphatic carbocycles. The molecule has 0 spiro atoms. The van der Waals surface area contributed by atoms with Gasteiger partial charge in [0, 0.05) is 25.3 Å². The van der Waals surface area contributed by atoms with Gasteiger partial charge in [-0.15, -0.1) is 0 Å². The van der Waals surface area contributed by atoms with Crippen molar-refractivity contribution in [2.24, 2.45) is 5.92 Å². The number of hydrogen-bond donors (Lipinski definition) is 2. The number of amides is 1. The maximum atomic E-state index is 12.2. The Labute approximate surface area is 114 Å². The number of fused-ring (bicyclic) bond motifs is 1. The second kappa shape index (κ2) is 5.31. The van der Waals surface area contributed by atoms with Crippen LogP contribution < -0.4 is 10.6 Å². The summed E-state index contributed by atoms with van der Waals surface area (Å²) in [4.78, 5) is 14.4. The van der Waals surface area contributed by atoms with E-state index < -0.39 is 0 Å². The molecule has 1 unspecified atom stereocenters. The summed E-state index contributed by atoms with van der Waals surface area (Å²) in [6, 6.07) is 6.27. The van der Waals surface area contributed by atoms with Gasteiger partial charge in [-0.05, 0) is 49.7 Å². The Bertz CT molecular complexity index is 480. The number of carbonyl (C=O) groups is 1. The number of carbonyl (C=O) groups excluding carboxylic acids is 1. The van der Waals surface area contributed by atoms with E-state index in [1.54, 1.807) is 0 Å². The monoisotopic (exact) mass is 259 g/mol. The Balaban J connectivity index is 1.67. The highest BCUT2D eigenvalue weighted by Gasteiger charge is 2.21. The normalized spacial score (nSPS) is 23.1. The highest BCUT2D eigenvalue weighted by atomic mass is 16.1. The fraction of sp³-hybridized carbons (Fsp3) is 0.533. The van der Waals surface area contributed by atoms with Gasteiger partial charge in [0.25, 0.3) is 0 Å². The molecule has 0 radical (unpaired) electrons. The topological polar surface area (TPSA) is 44.4 Å². The van der Waals surface area contributed by atoms with Crippen molar-refractivity contribution >= 4 is 11.6 Å². The van der Waals surface area contributed by atoms with Crippen LogP contribution in [-0.4, -0.2) is 30.9 Å². The summed E-state index contributed by atoms with van der Waals surface area (Å²) in [5, 5.41) is 6.34. The molecule has 2 aliphatic rings. The predicted octanol–water partition coefficient (Wildman–Crippen LogP) is 1.57. The van der Waals surface area contributed by atoms with Gasteiger partial charge in [0.2, 0.25) is 5.91 Å². The molecule has 2 N–H and O–H groups in total. The van der Waals surface area contributed by atoms with Crippen LogP contribution in [0.5, 0.6) is 0 Å². The average Bonchev–Trinajstić information content (AvgIpc) is 2.79. The average molecular weight is 259 g/mol. The minimum absolute atomic E-state index is 0.115. The first-order valence-electron chi connectivity index (χ1n) is 7.04. The Morgan fingerprint density at radius 1 is 1.37 bits per heavy atom. The molecule has 19 heavy (non-hydrogen) atoms. The van der Waals surface area contributed by atoms with Crippen LogP contribution >= 0.6 is 0 Å². The van der Waals surface area contributed by atoms with E-state index in [-0.39, 0.29) is 11.8 Å². The molecular weight excluding hydrogens is 238 g/mol. The zero-order valence-corrected chi connectivity index (χ0v) is 11.4. The quantitative estimate of drug-likeness (QED) is 0.847. The second-order valence-corrected chi connectivity index (χ2v) is 5.69. The van der Waals surface area contributed by atoms with Gasteiger partial charge in [0.15, 0.2) is 0 Å². The number of nitrogens with one attached hydrogen (secondary N) is 2. The molecule has 1 atom stereocenters. The van der Waals surface area contributed by atoms with E-state index in [1.165, 1.54) is 11.1 Å². The summed E-state index contributed by atoms with van der Waals surface area (Å²) in [5.74, 6) is 0.267. The summed E-state index contributed by atoms with van der Waals surface area (Å²) < 4.78 is 0. The van der Waals surface area contributed by atoms with Gasteiger partial charge in [0.05, 0.1) is 5.92 Å². The molecule has 102 valence electrons. The third kappa shape index (κ3) is 2.80. The smallest absolute Gasteiger partial charge is 0.228 e. The Morgan fingerprint density at radius 2 is 2.21 bits per heavy atom. The SMILES string of the molecule is CN1Cc2ccc(NC(=O)C3CCCNC3)cc2C1. The van der Waals surface area contributed by atoms with Gasteiger partial charge in [-0.3, -0.25) is 9.69 Å². The molecule has 1 amide bonds. The Kier molecular flexibility index (Phi) is 3.53. The highest BCUT2D eigenvalue weighted by molar-refractivity contribution is 5.92. The lowest BCUT2D eigenvalue weighted by Crippen LogP contribution is -2.37. The first kappa shape index (κ1) is 12.6. The Hall–Kier alpha value is -1.39. The van der Waals surface area contributed by atoms with E-state index in [0.717, 1.165) is 44.7 Å².